The molecule has 2 N–H and O–H groups in total. The highest BCUT2D eigenvalue weighted by molar-refractivity contribution is 6.30. The molecule has 3 nitrogen and oxygen atoms in total. The molecular formula is C15H19ClN2O. The molecule has 2 atom stereocenters. The lowest BCUT2D eigenvalue weighted by Crippen LogP contribution is -2.32. The van der Waals surface area contributed by atoms with E-state index in [0.29, 0.717) is 6.54 Å². The minimum atomic E-state index is 0.143. The molecular weight excluding hydrogens is 260 g/mol. The number of furan rings is 1. The van der Waals surface area contributed by atoms with Crippen LogP contribution in [0.2, 0.25) is 5.02 Å². The lowest BCUT2D eigenvalue weighted by Gasteiger charge is -2.32. The van der Waals surface area contributed by atoms with E-state index >= 15 is 0 Å². The first-order valence-electron chi connectivity index (χ1n) is 6.33. The highest BCUT2D eigenvalue weighted by atomic mass is 35.5. The van der Waals surface area contributed by atoms with Crippen LogP contribution in [0.1, 0.15) is 30.1 Å². The van der Waals surface area contributed by atoms with Gasteiger partial charge >= 0.3 is 0 Å². The number of rotatable bonds is 5. The van der Waals surface area contributed by atoms with Crippen molar-refractivity contribution in [2.75, 3.05) is 13.6 Å². The molecule has 0 bridgehead atoms. The molecule has 0 aliphatic heterocycles. The number of benzene rings is 1. The maximum absolute atomic E-state index is 5.92. The molecule has 1 aromatic carbocycles. The van der Waals surface area contributed by atoms with E-state index in [1.54, 1.807) is 12.5 Å². The van der Waals surface area contributed by atoms with Gasteiger partial charge in [0.1, 0.15) is 0 Å². The second kappa shape index (κ2) is 6.24. The Bertz CT molecular complexity index is 495. The van der Waals surface area contributed by atoms with E-state index in [1.807, 2.05) is 30.3 Å². The first-order valence-corrected chi connectivity index (χ1v) is 6.71. The average Bonchev–Trinajstić information content (AvgIpc) is 2.93. The van der Waals surface area contributed by atoms with Crippen LogP contribution in [0.25, 0.3) is 0 Å². The van der Waals surface area contributed by atoms with Gasteiger partial charge in [-0.05, 0) is 37.7 Å². The topological polar surface area (TPSA) is 42.4 Å². The summed E-state index contributed by atoms with van der Waals surface area (Å²) in [6, 6.07) is 10.3. The first-order chi connectivity index (χ1) is 9.13. The predicted molar refractivity (Wildman–Crippen MR) is 78.1 cm³/mol. The molecule has 0 aliphatic rings. The second-order valence-corrected chi connectivity index (χ2v) is 5.14. The van der Waals surface area contributed by atoms with Crippen LogP contribution in [0, 0.1) is 0 Å². The Labute approximate surface area is 119 Å². The van der Waals surface area contributed by atoms with Crippen LogP contribution in [0.15, 0.2) is 47.3 Å². The summed E-state index contributed by atoms with van der Waals surface area (Å²) in [5, 5.41) is 0.754. The minimum absolute atomic E-state index is 0.143. The summed E-state index contributed by atoms with van der Waals surface area (Å²) in [6.07, 6.45) is 3.43. The molecule has 0 aliphatic carbocycles. The molecule has 2 unspecified atom stereocenters. The molecule has 0 saturated heterocycles. The summed E-state index contributed by atoms with van der Waals surface area (Å²) in [6.45, 7) is 2.71. The van der Waals surface area contributed by atoms with Gasteiger partial charge in [-0.25, -0.2) is 0 Å². The van der Waals surface area contributed by atoms with Crippen molar-refractivity contribution in [3.63, 3.8) is 0 Å². The van der Waals surface area contributed by atoms with Crippen LogP contribution in [0.5, 0.6) is 0 Å². The van der Waals surface area contributed by atoms with Crippen molar-refractivity contribution >= 4 is 11.6 Å². The van der Waals surface area contributed by atoms with Gasteiger partial charge in [0.25, 0.3) is 0 Å². The van der Waals surface area contributed by atoms with Crippen molar-refractivity contribution in [1.29, 1.82) is 0 Å². The van der Waals surface area contributed by atoms with Gasteiger partial charge in [0, 0.05) is 23.2 Å². The summed E-state index contributed by atoms with van der Waals surface area (Å²) < 4.78 is 5.15. The van der Waals surface area contributed by atoms with E-state index in [2.05, 4.69) is 18.9 Å². The molecule has 1 aromatic heterocycles. The Morgan fingerprint density at radius 2 is 1.89 bits per heavy atom. The van der Waals surface area contributed by atoms with Crippen molar-refractivity contribution in [2.45, 2.75) is 19.0 Å². The van der Waals surface area contributed by atoms with Crippen molar-refractivity contribution in [3.05, 3.63) is 59.0 Å². The normalized spacial score (nSPS) is 14.6. The number of halogens is 1. The van der Waals surface area contributed by atoms with Gasteiger partial charge < -0.3 is 10.2 Å². The van der Waals surface area contributed by atoms with Crippen molar-refractivity contribution in [3.8, 4) is 0 Å². The van der Waals surface area contributed by atoms with Crippen LogP contribution in [-0.4, -0.2) is 18.5 Å². The third kappa shape index (κ3) is 3.18. The highest BCUT2D eigenvalue weighted by Crippen LogP contribution is 2.29. The smallest absolute Gasteiger partial charge is 0.0950 e. The summed E-state index contributed by atoms with van der Waals surface area (Å²) in [5.74, 6) is 0. The largest absolute Gasteiger partial charge is 0.472 e. The third-order valence-electron chi connectivity index (χ3n) is 3.61. The van der Waals surface area contributed by atoms with Gasteiger partial charge in [-0.15, -0.1) is 0 Å². The zero-order valence-corrected chi connectivity index (χ0v) is 12.0. The molecule has 2 rings (SSSR count). The Balaban J connectivity index is 2.17. The number of hydrogen-bond acceptors (Lipinski definition) is 3. The summed E-state index contributed by atoms with van der Waals surface area (Å²) in [4.78, 5) is 2.24. The Morgan fingerprint density at radius 3 is 2.42 bits per heavy atom. The van der Waals surface area contributed by atoms with Crippen LogP contribution in [0.4, 0.5) is 0 Å². The van der Waals surface area contributed by atoms with Crippen molar-refractivity contribution in [2.24, 2.45) is 5.73 Å². The van der Waals surface area contributed by atoms with Gasteiger partial charge in [-0.2, -0.15) is 0 Å². The van der Waals surface area contributed by atoms with E-state index in [1.165, 1.54) is 5.56 Å². The van der Waals surface area contributed by atoms with Gasteiger partial charge in [-0.3, -0.25) is 4.90 Å². The van der Waals surface area contributed by atoms with Crippen LogP contribution in [-0.2, 0) is 0 Å². The molecule has 0 saturated carbocycles. The second-order valence-electron chi connectivity index (χ2n) is 4.70. The molecule has 0 amide bonds. The van der Waals surface area contributed by atoms with Gasteiger partial charge in [0.2, 0.25) is 0 Å². The van der Waals surface area contributed by atoms with E-state index in [4.69, 9.17) is 21.8 Å². The zero-order chi connectivity index (χ0) is 13.8. The minimum Gasteiger partial charge on any atom is -0.472 e. The molecule has 2 aromatic rings. The van der Waals surface area contributed by atoms with E-state index in [-0.39, 0.29) is 12.1 Å². The summed E-state index contributed by atoms with van der Waals surface area (Å²) >= 11 is 5.92. The van der Waals surface area contributed by atoms with Gasteiger partial charge in [0.15, 0.2) is 0 Å². The average molecular weight is 279 g/mol. The molecule has 0 radical (unpaired) electrons. The quantitative estimate of drug-likeness (QED) is 0.908. The van der Waals surface area contributed by atoms with Crippen molar-refractivity contribution < 1.29 is 4.42 Å². The Morgan fingerprint density at radius 1 is 1.21 bits per heavy atom. The molecule has 4 heteroatoms. The number of nitrogens with two attached hydrogens (primary N) is 1. The monoisotopic (exact) mass is 278 g/mol. The predicted octanol–water partition coefficient (Wildman–Crippen LogP) is 3.63. The fourth-order valence-electron chi connectivity index (χ4n) is 2.25. The molecule has 19 heavy (non-hydrogen) atoms. The molecule has 102 valence electrons. The van der Waals surface area contributed by atoms with Gasteiger partial charge in [-0.1, -0.05) is 23.7 Å². The standard InChI is InChI=1S/C15H19ClN2O/c1-11(12-3-5-14(16)6-4-12)18(2)15(9-17)13-7-8-19-10-13/h3-8,10-11,15H,9,17H2,1-2H3. The maximum Gasteiger partial charge on any atom is 0.0950 e. The van der Waals surface area contributed by atoms with Gasteiger partial charge in [0.05, 0.1) is 18.6 Å². The Hall–Kier alpha value is -1.29. The maximum atomic E-state index is 5.92. The van der Waals surface area contributed by atoms with Crippen molar-refractivity contribution in [1.82, 2.24) is 4.90 Å². The summed E-state index contributed by atoms with van der Waals surface area (Å²) in [7, 11) is 2.07. The molecule has 1 heterocycles. The zero-order valence-electron chi connectivity index (χ0n) is 11.2. The highest BCUT2D eigenvalue weighted by Gasteiger charge is 2.22. The SMILES string of the molecule is CC(c1ccc(Cl)cc1)N(C)C(CN)c1ccoc1. The summed E-state index contributed by atoms with van der Waals surface area (Å²) in [5.41, 5.74) is 8.22. The number of hydrogen-bond donors (Lipinski definition) is 1. The lowest BCUT2D eigenvalue weighted by atomic mass is 10.0. The van der Waals surface area contributed by atoms with Crippen LogP contribution >= 0.6 is 11.6 Å². The third-order valence-corrected chi connectivity index (χ3v) is 3.86. The Kier molecular flexibility index (Phi) is 4.64. The van der Waals surface area contributed by atoms with Crippen LogP contribution < -0.4 is 5.73 Å². The molecule has 0 fully saturated rings. The lowest BCUT2D eigenvalue weighted by molar-refractivity contribution is 0.189. The van der Waals surface area contributed by atoms with E-state index < -0.39 is 0 Å². The fraction of sp³-hybridized carbons (Fsp3) is 0.333. The van der Waals surface area contributed by atoms with E-state index in [0.717, 1.165) is 10.6 Å². The fourth-order valence-corrected chi connectivity index (χ4v) is 2.37. The van der Waals surface area contributed by atoms with E-state index in [9.17, 15) is 0 Å². The molecule has 0 spiro atoms. The number of likely N-dealkylation sites (N-methyl/N-ethyl adjacent to an activating group) is 1. The first kappa shape index (κ1) is 14.1. The number of nitrogens with zero attached hydrogens (tertiary/aromatic N) is 1. The van der Waals surface area contributed by atoms with Crippen LogP contribution in [0.3, 0.4) is 0 Å².